The van der Waals surface area contributed by atoms with E-state index in [9.17, 15) is 4.79 Å². The van der Waals surface area contributed by atoms with Crippen molar-refractivity contribution >= 4 is 39.5 Å². The zero-order valence-corrected chi connectivity index (χ0v) is 12.5. The van der Waals surface area contributed by atoms with Crippen LogP contribution in [0, 0.1) is 0 Å². The molecule has 0 N–H and O–H groups in total. The van der Waals surface area contributed by atoms with E-state index in [0.29, 0.717) is 5.69 Å². The largest absolute Gasteiger partial charge is 0.282 e. The summed E-state index contributed by atoms with van der Waals surface area (Å²) in [7, 11) is 0. The van der Waals surface area contributed by atoms with Crippen LogP contribution in [0.3, 0.4) is 0 Å². The fourth-order valence-electron chi connectivity index (χ4n) is 2.27. The number of fused-ring (bicyclic) bond motifs is 1. The van der Waals surface area contributed by atoms with Gasteiger partial charge in [-0.05, 0) is 23.6 Å². The molecule has 0 bridgehead atoms. The van der Waals surface area contributed by atoms with Crippen molar-refractivity contribution in [3.05, 3.63) is 64.4 Å². The lowest BCUT2D eigenvalue weighted by Crippen LogP contribution is -2.10. The lowest BCUT2D eigenvalue weighted by molar-refractivity contribution is 0.0961. The van der Waals surface area contributed by atoms with Gasteiger partial charge in [-0.2, -0.15) is 11.3 Å². The van der Waals surface area contributed by atoms with Crippen LogP contribution in [0.5, 0.6) is 0 Å². The smallest absolute Gasteiger partial charge is 0.281 e. The second-order valence-electron chi connectivity index (χ2n) is 4.60. The van der Waals surface area contributed by atoms with Gasteiger partial charge >= 0.3 is 0 Å². The number of carbonyl (C=O) groups is 1. The lowest BCUT2D eigenvalue weighted by atomic mass is 10.2. The van der Waals surface area contributed by atoms with Crippen molar-refractivity contribution in [2.45, 2.75) is 0 Å². The van der Waals surface area contributed by atoms with E-state index in [0.717, 1.165) is 21.5 Å². The molecular formula is C16H10N2OS2. The number of aromatic nitrogens is 2. The van der Waals surface area contributed by atoms with Crippen LogP contribution in [-0.2, 0) is 0 Å². The number of nitrogens with zero attached hydrogens (tertiary/aromatic N) is 2. The van der Waals surface area contributed by atoms with Gasteiger partial charge in [-0.3, -0.25) is 9.36 Å². The van der Waals surface area contributed by atoms with Crippen LogP contribution in [0.25, 0.3) is 21.5 Å². The zero-order chi connectivity index (χ0) is 14.2. The molecule has 3 nitrogen and oxygen atoms in total. The highest BCUT2D eigenvalue weighted by Gasteiger charge is 2.15. The molecule has 0 aliphatic rings. The summed E-state index contributed by atoms with van der Waals surface area (Å²) in [4.78, 5) is 17.1. The Morgan fingerprint density at radius 3 is 2.86 bits per heavy atom. The molecule has 1 aromatic carbocycles. The third-order valence-electron chi connectivity index (χ3n) is 3.31. The van der Waals surface area contributed by atoms with E-state index >= 15 is 0 Å². The van der Waals surface area contributed by atoms with Gasteiger partial charge in [0.1, 0.15) is 10.7 Å². The summed E-state index contributed by atoms with van der Waals surface area (Å²) in [6, 6.07) is 11.8. The van der Waals surface area contributed by atoms with Crippen molar-refractivity contribution < 1.29 is 4.79 Å². The summed E-state index contributed by atoms with van der Waals surface area (Å²) in [5.74, 6) is -0.0890. The van der Waals surface area contributed by atoms with Crippen LogP contribution in [0.2, 0.25) is 0 Å². The second-order valence-corrected chi connectivity index (χ2v) is 6.24. The number of hydrogen-bond donors (Lipinski definition) is 0. The minimum atomic E-state index is -0.0890. The number of hydrogen-bond acceptors (Lipinski definition) is 4. The fraction of sp³-hybridized carbons (Fsp3) is 0. The summed E-state index contributed by atoms with van der Waals surface area (Å²) >= 11 is 3.13. The number of rotatable bonds is 2. The van der Waals surface area contributed by atoms with Gasteiger partial charge < -0.3 is 0 Å². The van der Waals surface area contributed by atoms with Gasteiger partial charge in [0.15, 0.2) is 0 Å². The van der Waals surface area contributed by atoms with Gasteiger partial charge in [0.2, 0.25) is 0 Å². The third kappa shape index (κ3) is 2.11. The first-order chi connectivity index (χ1) is 10.3. The Kier molecular flexibility index (Phi) is 2.94. The number of benzene rings is 1. The quantitative estimate of drug-likeness (QED) is 0.546. The molecule has 5 heteroatoms. The molecule has 0 amide bonds. The summed E-state index contributed by atoms with van der Waals surface area (Å²) in [5, 5.41) is 7.81. The first kappa shape index (κ1) is 12.5. The van der Waals surface area contributed by atoms with E-state index in [1.54, 1.807) is 22.1 Å². The maximum Gasteiger partial charge on any atom is 0.281 e. The Hall–Kier alpha value is -2.24. The molecule has 102 valence electrons. The van der Waals surface area contributed by atoms with Crippen molar-refractivity contribution in [1.82, 2.24) is 9.55 Å². The number of thiophene rings is 1. The van der Waals surface area contributed by atoms with Gasteiger partial charge in [0.05, 0.1) is 5.52 Å². The molecule has 0 saturated carbocycles. The summed E-state index contributed by atoms with van der Waals surface area (Å²) in [6.45, 7) is 0. The van der Waals surface area contributed by atoms with Crippen molar-refractivity contribution in [1.29, 1.82) is 0 Å². The van der Waals surface area contributed by atoms with E-state index in [1.165, 1.54) is 11.3 Å². The standard InChI is InChI=1S/C16H10N2OS2/c19-16(18-7-5-11-3-1-2-4-14(11)18)13-10-21-15(17-13)12-6-8-20-9-12/h1-10H. The van der Waals surface area contributed by atoms with E-state index in [2.05, 4.69) is 4.98 Å². The molecule has 0 aliphatic carbocycles. The molecule has 0 aliphatic heterocycles. The summed E-state index contributed by atoms with van der Waals surface area (Å²) < 4.78 is 1.65. The Labute approximate surface area is 129 Å². The molecule has 0 radical (unpaired) electrons. The van der Waals surface area contributed by atoms with E-state index in [-0.39, 0.29) is 5.91 Å². The molecular weight excluding hydrogens is 300 g/mol. The minimum Gasteiger partial charge on any atom is -0.282 e. The van der Waals surface area contributed by atoms with Gasteiger partial charge in [-0.15, -0.1) is 11.3 Å². The molecule has 21 heavy (non-hydrogen) atoms. The van der Waals surface area contributed by atoms with Crippen LogP contribution < -0.4 is 0 Å². The Bertz CT molecular complexity index is 919. The first-order valence-electron chi connectivity index (χ1n) is 6.42. The van der Waals surface area contributed by atoms with Gasteiger partial charge in [-0.25, -0.2) is 4.98 Å². The molecule has 3 heterocycles. The topological polar surface area (TPSA) is 34.9 Å². The highest BCUT2D eigenvalue weighted by molar-refractivity contribution is 7.14. The number of carbonyl (C=O) groups excluding carboxylic acids is 1. The molecule has 0 fully saturated rings. The average molecular weight is 310 g/mol. The van der Waals surface area contributed by atoms with E-state index in [1.807, 2.05) is 52.5 Å². The number of thiazole rings is 1. The van der Waals surface area contributed by atoms with E-state index < -0.39 is 0 Å². The van der Waals surface area contributed by atoms with Crippen molar-refractivity contribution in [3.8, 4) is 10.6 Å². The molecule has 0 saturated heterocycles. The van der Waals surface area contributed by atoms with Crippen molar-refractivity contribution in [3.63, 3.8) is 0 Å². The van der Waals surface area contributed by atoms with Gasteiger partial charge in [0, 0.05) is 27.9 Å². The zero-order valence-electron chi connectivity index (χ0n) is 10.9. The predicted octanol–water partition coefficient (Wildman–Crippen LogP) is 4.51. The highest BCUT2D eigenvalue weighted by atomic mass is 32.1. The van der Waals surface area contributed by atoms with E-state index in [4.69, 9.17) is 0 Å². The van der Waals surface area contributed by atoms with Crippen molar-refractivity contribution in [2.24, 2.45) is 0 Å². The van der Waals surface area contributed by atoms with Gasteiger partial charge in [0.25, 0.3) is 5.91 Å². The number of para-hydroxylation sites is 1. The predicted molar refractivity (Wildman–Crippen MR) is 87.1 cm³/mol. The molecule has 3 aromatic heterocycles. The monoisotopic (exact) mass is 310 g/mol. The van der Waals surface area contributed by atoms with Crippen LogP contribution in [-0.4, -0.2) is 15.5 Å². The lowest BCUT2D eigenvalue weighted by Gasteiger charge is -2.00. The molecule has 0 unspecified atom stereocenters. The van der Waals surface area contributed by atoms with Crippen LogP contribution in [0.15, 0.2) is 58.7 Å². The normalized spacial score (nSPS) is 11.0. The Morgan fingerprint density at radius 2 is 2.00 bits per heavy atom. The van der Waals surface area contributed by atoms with Crippen LogP contribution in [0.1, 0.15) is 10.5 Å². The Morgan fingerprint density at radius 1 is 1.10 bits per heavy atom. The third-order valence-corrected chi connectivity index (χ3v) is 4.88. The molecule has 4 aromatic rings. The van der Waals surface area contributed by atoms with Crippen LogP contribution >= 0.6 is 22.7 Å². The second kappa shape index (κ2) is 4.95. The molecule has 0 atom stereocenters. The van der Waals surface area contributed by atoms with Crippen molar-refractivity contribution in [2.75, 3.05) is 0 Å². The first-order valence-corrected chi connectivity index (χ1v) is 8.24. The maximum absolute atomic E-state index is 12.6. The van der Waals surface area contributed by atoms with Crippen LogP contribution in [0.4, 0.5) is 0 Å². The molecule has 4 rings (SSSR count). The van der Waals surface area contributed by atoms with Gasteiger partial charge in [-0.1, -0.05) is 18.2 Å². The SMILES string of the molecule is O=C(c1csc(-c2ccsc2)n1)n1ccc2ccccc21. The minimum absolute atomic E-state index is 0.0890. The average Bonchev–Trinajstić information content (AvgIpc) is 3.25. The highest BCUT2D eigenvalue weighted by Crippen LogP contribution is 2.26. The molecule has 0 spiro atoms. The summed E-state index contributed by atoms with van der Waals surface area (Å²) in [5.41, 5.74) is 2.47. The fourth-order valence-corrected chi connectivity index (χ4v) is 3.78. The summed E-state index contributed by atoms with van der Waals surface area (Å²) in [6.07, 6.45) is 1.80. The Balaban J connectivity index is 1.75. The maximum atomic E-state index is 12.6.